The van der Waals surface area contributed by atoms with Crippen molar-refractivity contribution in [1.29, 1.82) is 0 Å². The topological polar surface area (TPSA) is 500 Å². The number of nitrogens with one attached hydrogen (secondary N) is 9. The summed E-state index contributed by atoms with van der Waals surface area (Å²) in [7, 11) is -4.21. The van der Waals surface area contributed by atoms with Gasteiger partial charge in [-0.3, -0.25) is 62.0 Å². The summed E-state index contributed by atoms with van der Waals surface area (Å²) in [4.78, 5) is 160. The first-order chi connectivity index (χ1) is 53.0. The third kappa shape index (κ3) is 36.3. The number of carbonyl (C=O) groups is 10. The fourth-order valence-corrected chi connectivity index (χ4v) is 13.6. The number of primary amides is 1. The molecular weight excluding hydrogens is 1440 g/mol. The number of unbranched alkanes of at least 4 members (excludes halogenated alkanes) is 14. The number of nitrogens with two attached hydrogens (primary N) is 3. The summed E-state index contributed by atoms with van der Waals surface area (Å²) in [5.41, 5.74) is 19.0. The second kappa shape index (κ2) is 52.9. The highest BCUT2D eigenvalue weighted by Gasteiger charge is 2.44. The Bertz CT molecular complexity index is 3370. The number of ether oxygens (including phenoxy) is 3. The molecule has 34 heteroatoms. The average molecular weight is 1570 g/mol. The molecule has 0 spiro atoms. The number of rotatable bonds is 47. The quantitative estimate of drug-likeness (QED) is 0.0167. The molecule has 2 aliphatic heterocycles. The molecule has 1 aromatic heterocycles. The van der Waals surface area contributed by atoms with Crippen molar-refractivity contribution in [2.45, 2.75) is 248 Å². The number of hydrogen-bond donors (Lipinski definition) is 15. The molecule has 2 fully saturated rings. The number of benzene rings is 2. The molecule has 110 heavy (non-hydrogen) atoms. The molecule has 2 unspecified atom stereocenters. The number of aliphatic imine (C=N–C) groups is 1. The van der Waals surface area contributed by atoms with Gasteiger partial charge in [-0.15, -0.1) is 0 Å². The van der Waals surface area contributed by atoms with E-state index in [9.17, 15) is 62.8 Å². The fraction of sp³-hybridized carbons (Fsp3) is 0.671. The Balaban J connectivity index is 1.18. The Morgan fingerprint density at radius 3 is 1.87 bits per heavy atom. The Hall–Kier alpha value is -8.14. The second-order valence-electron chi connectivity index (χ2n) is 28.0. The number of H-pyrrole nitrogens is 1. The SMILES string of the molecule is CCCCCCCCCCCCCCCCOP(=O)(O)OCCOCCOCCOCCC(=O)N[C@@H](CO)C(=O)N[C@@H](CCCC)C(=O)N[C@H]1CCC(=O)NCCCC[C@@H](C(N)=O)NC(=O)[C@H](Cc2c[nH]c3ccccc23)NC(=O)[C@H](CCCN=C(N)N)NC(=O)[C@@H](Cc2ccccc2)NC(=O)[C@@H]2CC(O)CN2C1=O. The molecule has 0 saturated carbocycles. The van der Waals surface area contributed by atoms with Crippen LogP contribution in [0.15, 0.2) is 65.8 Å². The third-order valence-electron chi connectivity index (χ3n) is 19.0. The average Bonchev–Trinajstić information content (AvgIpc) is 1.59. The number of fused-ring (bicyclic) bond motifs is 2. The van der Waals surface area contributed by atoms with E-state index in [1.165, 1.54) is 64.2 Å². The van der Waals surface area contributed by atoms with Crippen molar-refractivity contribution < 1.29 is 90.9 Å². The molecule has 3 aromatic rings. The van der Waals surface area contributed by atoms with Crippen molar-refractivity contribution >= 4 is 83.8 Å². The van der Waals surface area contributed by atoms with Crippen molar-refractivity contribution in [2.24, 2.45) is 22.2 Å². The number of aliphatic hydroxyl groups excluding tert-OH is 2. The van der Waals surface area contributed by atoms with Crippen LogP contribution in [0.1, 0.15) is 192 Å². The van der Waals surface area contributed by atoms with Crippen molar-refractivity contribution in [3.8, 4) is 0 Å². The van der Waals surface area contributed by atoms with Crippen LogP contribution in [0.4, 0.5) is 0 Å². The van der Waals surface area contributed by atoms with Gasteiger partial charge in [-0.25, -0.2) is 4.57 Å². The molecule has 5 rings (SSSR count). The van der Waals surface area contributed by atoms with E-state index >= 15 is 4.79 Å². The summed E-state index contributed by atoms with van der Waals surface area (Å²) < 4.78 is 38.8. The fourth-order valence-electron chi connectivity index (χ4n) is 12.9. The van der Waals surface area contributed by atoms with E-state index in [-0.39, 0.29) is 149 Å². The number of hydrogen-bond acceptors (Lipinski definition) is 19. The zero-order chi connectivity index (χ0) is 79.9. The number of aliphatic hydroxyl groups is 2. The smallest absolute Gasteiger partial charge is 0.394 e. The van der Waals surface area contributed by atoms with Crippen LogP contribution in [-0.4, -0.2) is 224 Å². The van der Waals surface area contributed by atoms with Crippen LogP contribution < -0.4 is 59.7 Å². The largest absolute Gasteiger partial charge is 0.472 e. The van der Waals surface area contributed by atoms with Crippen LogP contribution in [0, 0.1) is 0 Å². The lowest BCUT2D eigenvalue weighted by Gasteiger charge is -2.31. The van der Waals surface area contributed by atoms with E-state index in [1.807, 2.05) is 25.1 Å². The zero-order valence-electron chi connectivity index (χ0n) is 64.2. The van der Waals surface area contributed by atoms with E-state index in [4.69, 9.17) is 40.5 Å². The molecule has 2 aromatic carbocycles. The summed E-state index contributed by atoms with van der Waals surface area (Å²) in [5, 5.41) is 43.8. The van der Waals surface area contributed by atoms with E-state index < -0.39 is 134 Å². The number of aromatic nitrogens is 1. The van der Waals surface area contributed by atoms with Gasteiger partial charge >= 0.3 is 7.82 Å². The summed E-state index contributed by atoms with van der Waals surface area (Å²) >= 11 is 0. The molecule has 2 aliphatic rings. The number of amides is 10. The van der Waals surface area contributed by atoms with Gasteiger partial charge in [0.25, 0.3) is 0 Å². The van der Waals surface area contributed by atoms with Gasteiger partial charge in [0.05, 0.1) is 65.6 Å². The standard InChI is InChI=1S/C76H123N14O19P/c1-3-5-7-8-9-10-11-12-13-14-15-16-17-25-39-108-110(103,104)109-46-45-107-44-43-106-42-41-105-40-36-67(94)83-64(52-91)73(100)86-59(30-6-4-2)69(96)87-61-34-35-66(93)80-37-24-23-32-58(68(77)95)84-72(99)63(48-54-50-82-57-31-22-21-29-56(54)57)88-70(97)60(33-26-38-81-76(78)79)85-71(98)62(47-53-27-19-18-20-28-53)89-74(101)65-49-55(92)51-90(65)75(61)102/h18-22,27-29,31,50,55,58-65,82,91-92H,3-17,23-26,30,32-49,51-52H2,1-2H3,(H2,77,95)(H,80,93)(H,83,94)(H,84,99)(H,85,98)(H,86,100)(H,87,96)(H,88,97)(H,89,101)(H,103,104)(H4,78,79,81)/t55?,58-,59-,60-,61-,62+,63-,64-,65-/m0/s1. The van der Waals surface area contributed by atoms with Gasteiger partial charge in [0.1, 0.15) is 48.3 Å². The monoisotopic (exact) mass is 1570 g/mol. The van der Waals surface area contributed by atoms with Crippen LogP contribution in [0.5, 0.6) is 0 Å². The predicted octanol–water partition coefficient (Wildman–Crippen LogP) is 3.16. The van der Waals surface area contributed by atoms with Crippen molar-refractivity contribution in [1.82, 2.24) is 52.4 Å². The normalized spacial score (nSPS) is 20.5. The minimum atomic E-state index is -4.21. The van der Waals surface area contributed by atoms with E-state index in [1.54, 1.807) is 42.6 Å². The molecule has 0 radical (unpaired) electrons. The van der Waals surface area contributed by atoms with Crippen molar-refractivity contribution in [3.05, 3.63) is 71.9 Å². The lowest BCUT2D eigenvalue weighted by molar-refractivity contribution is -0.143. The van der Waals surface area contributed by atoms with E-state index in [2.05, 4.69) is 59.4 Å². The van der Waals surface area contributed by atoms with Gasteiger partial charge in [0.2, 0.25) is 59.1 Å². The Kier molecular flexibility index (Phi) is 44.5. The molecule has 10 amide bonds. The van der Waals surface area contributed by atoms with Gasteiger partial charge in [-0.2, -0.15) is 0 Å². The predicted molar refractivity (Wildman–Crippen MR) is 413 cm³/mol. The summed E-state index contributed by atoms with van der Waals surface area (Å²) in [5.74, 6) is -8.51. The maximum atomic E-state index is 15.1. The molecule has 3 heterocycles. The maximum absolute atomic E-state index is 15.1. The molecule has 33 nitrogen and oxygen atoms in total. The van der Waals surface area contributed by atoms with Crippen molar-refractivity contribution in [2.75, 3.05) is 79.1 Å². The van der Waals surface area contributed by atoms with E-state index in [0.29, 0.717) is 30.4 Å². The Labute approximate surface area is 645 Å². The summed E-state index contributed by atoms with van der Waals surface area (Å²) in [6.45, 7) is 3.24. The number of carbonyl (C=O) groups excluding carboxylic acids is 10. The van der Waals surface area contributed by atoms with Crippen molar-refractivity contribution in [3.63, 3.8) is 0 Å². The first kappa shape index (κ1) is 92.5. The molecule has 616 valence electrons. The first-order valence-electron chi connectivity index (χ1n) is 39.3. The third-order valence-corrected chi connectivity index (χ3v) is 20.1. The molecular formula is C76H123N14O19P. The Morgan fingerprint density at radius 2 is 1.22 bits per heavy atom. The lowest BCUT2D eigenvalue weighted by Crippen LogP contribution is -2.60. The van der Waals surface area contributed by atoms with E-state index in [0.717, 1.165) is 35.1 Å². The van der Waals surface area contributed by atoms with Gasteiger partial charge in [-0.1, -0.05) is 159 Å². The van der Waals surface area contributed by atoms with Gasteiger partial charge in [-0.05, 0) is 68.6 Å². The number of nitrogens with zero attached hydrogens (tertiary/aromatic N) is 2. The van der Waals surface area contributed by atoms with Gasteiger partial charge < -0.3 is 98.9 Å². The lowest BCUT2D eigenvalue weighted by atomic mass is 10.0. The van der Waals surface area contributed by atoms with Gasteiger partial charge in [0.15, 0.2) is 5.96 Å². The number of aromatic amines is 1. The number of para-hydroxylation sites is 1. The minimum Gasteiger partial charge on any atom is -0.394 e. The molecule has 0 aliphatic carbocycles. The number of phosphoric ester groups is 1. The molecule has 10 atom stereocenters. The molecule has 0 bridgehead atoms. The highest BCUT2D eigenvalue weighted by molar-refractivity contribution is 7.47. The van der Waals surface area contributed by atoms with Crippen LogP contribution in [-0.2, 0) is 88.6 Å². The number of phosphoric acid groups is 1. The zero-order valence-corrected chi connectivity index (χ0v) is 65.1. The van der Waals surface area contributed by atoms with Crippen LogP contribution in [0.25, 0.3) is 10.9 Å². The first-order valence-corrected chi connectivity index (χ1v) is 40.8. The maximum Gasteiger partial charge on any atom is 0.472 e. The summed E-state index contributed by atoms with van der Waals surface area (Å²) in [6.07, 6.45) is 17.0. The van der Waals surface area contributed by atoms with Gasteiger partial charge in [0, 0.05) is 68.8 Å². The Morgan fingerprint density at radius 1 is 0.636 bits per heavy atom. The molecule has 18 N–H and O–H groups in total. The second-order valence-corrected chi connectivity index (χ2v) is 29.5. The molecule has 2 saturated heterocycles. The summed E-state index contributed by atoms with van der Waals surface area (Å²) in [6, 6.07) is 4.34. The number of guanidine groups is 1. The highest BCUT2D eigenvalue weighted by atomic mass is 31.2. The minimum absolute atomic E-state index is 0.00294. The van der Waals surface area contributed by atoms with Crippen LogP contribution in [0.2, 0.25) is 0 Å². The van der Waals surface area contributed by atoms with Crippen LogP contribution in [0.3, 0.4) is 0 Å². The van der Waals surface area contributed by atoms with Crippen LogP contribution >= 0.6 is 7.82 Å². The highest BCUT2D eigenvalue weighted by Crippen LogP contribution is 2.43.